The molecule has 0 bridgehead atoms. The van der Waals surface area contributed by atoms with Crippen LogP contribution in [0.15, 0.2) is 0 Å². The smallest absolute Gasteiger partial charge is 0.306 e. The molecule has 0 amide bonds. The molecule has 0 aromatic carbocycles. The molecule has 0 saturated carbocycles. The molecule has 0 rings (SSSR count). The maximum absolute atomic E-state index is 11.7. The molecule has 0 aliphatic rings. The lowest BCUT2D eigenvalue weighted by molar-refractivity contribution is -0.142. The molecule has 0 aromatic heterocycles. The van der Waals surface area contributed by atoms with E-state index >= 15 is 0 Å². The van der Waals surface area contributed by atoms with E-state index in [0.717, 1.165) is 25.7 Å². The Kier molecular flexibility index (Phi) is 40.2. The van der Waals surface area contributed by atoms with Crippen molar-refractivity contribution < 1.29 is 9.90 Å². The SMILES string of the molecule is CCCCCCCCCCCCCCCCCCCCCCCCCCCCCCC(CCCCCCCCCCCC)C(=O)O. The molecular weight excluding hydrogens is 560 g/mol. The molecule has 0 spiro atoms. The highest BCUT2D eigenvalue weighted by Crippen LogP contribution is 2.21. The van der Waals surface area contributed by atoms with E-state index in [4.69, 9.17) is 0 Å². The van der Waals surface area contributed by atoms with E-state index in [0.29, 0.717) is 0 Å². The molecule has 0 aromatic rings. The third-order valence-corrected chi connectivity index (χ3v) is 10.7. The van der Waals surface area contributed by atoms with E-state index in [1.807, 2.05) is 0 Å². The van der Waals surface area contributed by atoms with Gasteiger partial charge in [-0.05, 0) is 12.8 Å². The highest BCUT2D eigenvalue weighted by atomic mass is 16.4. The van der Waals surface area contributed by atoms with E-state index in [9.17, 15) is 9.90 Å². The van der Waals surface area contributed by atoms with Crippen LogP contribution in [0.2, 0.25) is 0 Å². The first kappa shape index (κ1) is 45.5. The Hall–Kier alpha value is -0.530. The van der Waals surface area contributed by atoms with Crippen LogP contribution >= 0.6 is 0 Å². The van der Waals surface area contributed by atoms with Gasteiger partial charge in [-0.3, -0.25) is 4.79 Å². The summed E-state index contributed by atoms with van der Waals surface area (Å²) in [5, 5.41) is 9.62. The summed E-state index contributed by atoms with van der Waals surface area (Å²) in [4.78, 5) is 11.7. The summed E-state index contributed by atoms with van der Waals surface area (Å²) in [7, 11) is 0. The Labute approximate surface area is 291 Å². The fraction of sp³-hybridized carbons (Fsp3) is 0.977. The number of carboxylic acid groups (broad SMARTS) is 1. The van der Waals surface area contributed by atoms with Crippen LogP contribution in [0.4, 0.5) is 0 Å². The molecule has 0 saturated heterocycles. The Morgan fingerprint density at radius 3 is 0.609 bits per heavy atom. The van der Waals surface area contributed by atoms with Crippen molar-refractivity contribution in [2.24, 2.45) is 5.92 Å². The van der Waals surface area contributed by atoms with E-state index in [1.54, 1.807) is 0 Å². The average Bonchev–Trinajstić information content (AvgIpc) is 3.05. The highest BCUT2D eigenvalue weighted by molar-refractivity contribution is 5.69. The van der Waals surface area contributed by atoms with Gasteiger partial charge in [-0.1, -0.05) is 258 Å². The van der Waals surface area contributed by atoms with E-state index in [-0.39, 0.29) is 5.92 Å². The molecule has 1 atom stereocenters. The zero-order valence-corrected chi connectivity index (χ0v) is 32.2. The summed E-state index contributed by atoms with van der Waals surface area (Å²) in [5.41, 5.74) is 0. The summed E-state index contributed by atoms with van der Waals surface area (Å²) in [5.74, 6) is -0.654. The van der Waals surface area contributed by atoms with Gasteiger partial charge >= 0.3 is 5.97 Å². The standard InChI is InChI=1S/C44H88O2/c1-3-5-7-9-11-13-15-16-17-18-19-20-21-22-23-24-25-26-27-28-29-30-31-32-34-36-38-40-42-43(44(45)46)41-39-37-35-33-14-12-10-8-6-4-2/h43H,3-42H2,1-2H3,(H,45,46). The Morgan fingerprint density at radius 2 is 0.457 bits per heavy atom. The van der Waals surface area contributed by atoms with Crippen LogP contribution in [-0.2, 0) is 4.79 Å². The second-order valence-electron chi connectivity index (χ2n) is 15.3. The fourth-order valence-electron chi connectivity index (χ4n) is 7.33. The van der Waals surface area contributed by atoms with Gasteiger partial charge in [0, 0.05) is 0 Å². The Morgan fingerprint density at radius 1 is 0.304 bits per heavy atom. The normalized spacial score (nSPS) is 12.2. The zero-order valence-electron chi connectivity index (χ0n) is 32.2. The molecule has 46 heavy (non-hydrogen) atoms. The summed E-state index contributed by atoms with van der Waals surface area (Å²) < 4.78 is 0. The van der Waals surface area contributed by atoms with Crippen molar-refractivity contribution in [3.8, 4) is 0 Å². The number of unbranched alkanes of at least 4 members (excludes halogenated alkanes) is 36. The van der Waals surface area contributed by atoms with Gasteiger partial charge in [0.15, 0.2) is 0 Å². The van der Waals surface area contributed by atoms with Crippen molar-refractivity contribution in [3.05, 3.63) is 0 Å². The molecule has 0 fully saturated rings. The summed E-state index contributed by atoms with van der Waals surface area (Å²) >= 11 is 0. The number of rotatable bonds is 41. The van der Waals surface area contributed by atoms with Crippen molar-refractivity contribution in [2.75, 3.05) is 0 Å². The maximum atomic E-state index is 11.7. The average molecular weight is 649 g/mol. The quantitative estimate of drug-likeness (QED) is 0.0670. The lowest BCUT2D eigenvalue weighted by Crippen LogP contribution is -2.13. The minimum Gasteiger partial charge on any atom is -0.481 e. The summed E-state index contributed by atoms with van der Waals surface area (Å²) in [6.45, 7) is 4.58. The van der Waals surface area contributed by atoms with Crippen molar-refractivity contribution in [3.63, 3.8) is 0 Å². The van der Waals surface area contributed by atoms with Crippen LogP contribution < -0.4 is 0 Å². The van der Waals surface area contributed by atoms with Gasteiger partial charge < -0.3 is 5.11 Å². The predicted octanol–water partition coefficient (Wildman–Crippen LogP) is 16.3. The first-order valence-corrected chi connectivity index (χ1v) is 21.9. The van der Waals surface area contributed by atoms with Gasteiger partial charge in [0.25, 0.3) is 0 Å². The fourth-order valence-corrected chi connectivity index (χ4v) is 7.33. The largest absolute Gasteiger partial charge is 0.481 e. The second-order valence-corrected chi connectivity index (χ2v) is 15.3. The van der Waals surface area contributed by atoms with Crippen molar-refractivity contribution in [2.45, 2.75) is 271 Å². The summed E-state index contributed by atoms with van der Waals surface area (Å²) in [6.07, 6.45) is 54.8. The van der Waals surface area contributed by atoms with Crippen LogP contribution in [0.3, 0.4) is 0 Å². The maximum Gasteiger partial charge on any atom is 0.306 e. The van der Waals surface area contributed by atoms with Crippen LogP contribution in [-0.4, -0.2) is 11.1 Å². The molecule has 2 heteroatoms. The molecule has 0 aliphatic heterocycles. The zero-order chi connectivity index (χ0) is 33.4. The van der Waals surface area contributed by atoms with E-state index in [1.165, 1.54) is 231 Å². The first-order chi connectivity index (χ1) is 22.7. The van der Waals surface area contributed by atoms with Crippen molar-refractivity contribution in [1.82, 2.24) is 0 Å². The van der Waals surface area contributed by atoms with Gasteiger partial charge in [-0.2, -0.15) is 0 Å². The van der Waals surface area contributed by atoms with Crippen molar-refractivity contribution in [1.29, 1.82) is 0 Å². The lowest BCUT2D eigenvalue weighted by Gasteiger charge is -2.12. The molecule has 1 N–H and O–H groups in total. The molecule has 276 valence electrons. The minimum absolute atomic E-state index is 0.0990. The van der Waals surface area contributed by atoms with Gasteiger partial charge in [-0.15, -0.1) is 0 Å². The first-order valence-electron chi connectivity index (χ1n) is 21.9. The molecule has 0 heterocycles. The number of hydrogen-bond donors (Lipinski definition) is 1. The monoisotopic (exact) mass is 649 g/mol. The number of carbonyl (C=O) groups is 1. The highest BCUT2D eigenvalue weighted by Gasteiger charge is 2.16. The molecule has 1 unspecified atom stereocenters. The van der Waals surface area contributed by atoms with E-state index < -0.39 is 5.97 Å². The van der Waals surface area contributed by atoms with Gasteiger partial charge in [-0.25, -0.2) is 0 Å². The topological polar surface area (TPSA) is 37.3 Å². The van der Waals surface area contributed by atoms with E-state index in [2.05, 4.69) is 13.8 Å². The number of hydrogen-bond acceptors (Lipinski definition) is 1. The van der Waals surface area contributed by atoms with Gasteiger partial charge in [0.05, 0.1) is 5.92 Å². The third kappa shape index (κ3) is 37.9. The van der Waals surface area contributed by atoms with Crippen molar-refractivity contribution >= 4 is 5.97 Å². The Balaban J connectivity index is 3.27. The van der Waals surface area contributed by atoms with Crippen LogP contribution in [0.25, 0.3) is 0 Å². The Bertz CT molecular complexity index is 558. The van der Waals surface area contributed by atoms with Gasteiger partial charge in [0.2, 0.25) is 0 Å². The molecule has 0 radical (unpaired) electrons. The number of carboxylic acids is 1. The van der Waals surface area contributed by atoms with Crippen LogP contribution in [0.5, 0.6) is 0 Å². The number of aliphatic carboxylic acids is 1. The summed E-state index contributed by atoms with van der Waals surface area (Å²) in [6, 6.07) is 0. The molecule has 0 aliphatic carbocycles. The molecular formula is C44H88O2. The third-order valence-electron chi connectivity index (χ3n) is 10.7. The predicted molar refractivity (Wildman–Crippen MR) is 207 cm³/mol. The van der Waals surface area contributed by atoms with Gasteiger partial charge in [0.1, 0.15) is 0 Å². The minimum atomic E-state index is -0.555. The second kappa shape index (κ2) is 40.6. The van der Waals surface area contributed by atoms with Crippen LogP contribution in [0.1, 0.15) is 271 Å². The molecule has 2 nitrogen and oxygen atoms in total. The van der Waals surface area contributed by atoms with Crippen LogP contribution in [0, 0.1) is 5.92 Å². The lowest BCUT2D eigenvalue weighted by atomic mass is 9.94.